The van der Waals surface area contributed by atoms with Crippen molar-refractivity contribution < 1.29 is 29.6 Å². The average molecular weight is 478 g/mol. The van der Waals surface area contributed by atoms with Crippen LogP contribution in [0.5, 0.6) is 0 Å². The van der Waals surface area contributed by atoms with Crippen molar-refractivity contribution in [2.45, 2.75) is 124 Å². The van der Waals surface area contributed by atoms with E-state index in [1.165, 1.54) is 25.3 Å². The van der Waals surface area contributed by atoms with Crippen molar-refractivity contribution in [2.24, 2.45) is 0 Å². The molecule has 0 bridgehead atoms. The molecule has 0 spiro atoms. The zero-order valence-electron chi connectivity index (χ0n) is 20.5. The maximum atomic E-state index is 13.8. The summed E-state index contributed by atoms with van der Waals surface area (Å²) in [5.41, 5.74) is 0.566. The van der Waals surface area contributed by atoms with Crippen LogP contribution in [0.4, 0.5) is 8.78 Å². The first kappa shape index (κ1) is 36.2. The molecule has 0 radical (unpaired) electrons. The molecule has 7 heteroatoms. The lowest BCUT2D eigenvalue weighted by atomic mass is 9.82. The number of halogens is 2. The lowest BCUT2D eigenvalue weighted by molar-refractivity contribution is 0.102. The highest BCUT2D eigenvalue weighted by Crippen LogP contribution is 2.33. The third-order valence-corrected chi connectivity index (χ3v) is 4.94. The third-order valence-electron chi connectivity index (χ3n) is 4.94. The van der Waals surface area contributed by atoms with E-state index < -0.39 is 23.8 Å². The van der Waals surface area contributed by atoms with Gasteiger partial charge in [-0.15, -0.1) is 0 Å². The highest BCUT2D eigenvalue weighted by atomic mass is 19.1. The summed E-state index contributed by atoms with van der Waals surface area (Å²) in [6, 6.07) is 2.27. The number of nitrogens with one attached hydrogen (secondary N) is 1. The second-order valence-corrected chi connectivity index (χ2v) is 8.96. The Hall–Kier alpha value is -1.41. The van der Waals surface area contributed by atoms with Gasteiger partial charge < -0.3 is 26.2 Å². The normalized spacial score (nSPS) is 18.0. The van der Waals surface area contributed by atoms with Crippen LogP contribution in [-0.2, 0) is 6.61 Å². The number of aliphatic hydroxyl groups excluding tert-OH is 2. The smallest absolute Gasteiger partial charge is 0.129 e. The molecule has 2 saturated carbocycles. The van der Waals surface area contributed by atoms with E-state index in [-0.39, 0.29) is 30.5 Å². The van der Waals surface area contributed by atoms with E-state index in [4.69, 9.17) is 20.7 Å². The summed E-state index contributed by atoms with van der Waals surface area (Å²) in [5.74, 6) is -1.01. The van der Waals surface area contributed by atoms with Crippen molar-refractivity contribution in [1.29, 1.82) is 5.41 Å². The van der Waals surface area contributed by atoms with Crippen molar-refractivity contribution >= 4 is 5.71 Å². The van der Waals surface area contributed by atoms with Gasteiger partial charge in [0.2, 0.25) is 0 Å². The molecule has 5 nitrogen and oxygen atoms in total. The second-order valence-electron chi connectivity index (χ2n) is 8.96. The summed E-state index contributed by atoms with van der Waals surface area (Å²) in [6.45, 7) is 8.74. The first-order valence-electron chi connectivity index (χ1n) is 11.6. The van der Waals surface area contributed by atoms with Gasteiger partial charge in [-0.25, -0.2) is 8.78 Å². The van der Waals surface area contributed by atoms with Crippen LogP contribution in [-0.4, -0.2) is 38.2 Å². The Balaban J connectivity index is -0.000000471. The topological polar surface area (TPSA) is 116 Å². The molecule has 33 heavy (non-hydrogen) atoms. The highest BCUT2D eigenvalue weighted by molar-refractivity contribution is 5.82. The van der Waals surface area contributed by atoms with E-state index in [9.17, 15) is 8.78 Å². The molecule has 0 amide bonds. The molecule has 0 aromatic heterocycles. The Labute approximate surface area is 200 Å². The molecule has 0 atom stereocenters. The van der Waals surface area contributed by atoms with Gasteiger partial charge in [-0.3, -0.25) is 0 Å². The Bertz CT molecular complexity index is 626. The molecule has 2 aliphatic carbocycles. The Kier molecular flexibility index (Phi) is 20.8. The molecule has 0 aliphatic heterocycles. The molecule has 0 heterocycles. The van der Waals surface area contributed by atoms with Gasteiger partial charge in [0, 0.05) is 11.3 Å². The van der Waals surface area contributed by atoms with E-state index >= 15 is 0 Å². The minimum atomic E-state index is -0.551. The highest BCUT2D eigenvalue weighted by Gasteiger charge is 2.22. The van der Waals surface area contributed by atoms with Crippen LogP contribution in [0.2, 0.25) is 0 Å². The third kappa shape index (κ3) is 16.8. The van der Waals surface area contributed by atoms with Gasteiger partial charge in [-0.05, 0) is 82.9 Å². The van der Waals surface area contributed by atoms with E-state index in [0.29, 0.717) is 37.0 Å². The predicted molar refractivity (Wildman–Crippen MR) is 134 cm³/mol. The first-order valence-corrected chi connectivity index (χ1v) is 11.6. The fourth-order valence-corrected chi connectivity index (χ4v) is 3.40. The van der Waals surface area contributed by atoms with Crippen LogP contribution >= 0.6 is 0 Å². The summed E-state index contributed by atoms with van der Waals surface area (Å²) in [6.07, 6.45) is 8.65. The van der Waals surface area contributed by atoms with Gasteiger partial charge in [0.1, 0.15) is 11.6 Å². The van der Waals surface area contributed by atoms with Crippen LogP contribution in [0.1, 0.15) is 117 Å². The fraction of sp³-hybridized carbons (Fsp3) is 0.731. The molecule has 196 valence electrons. The van der Waals surface area contributed by atoms with Gasteiger partial charge in [0.25, 0.3) is 0 Å². The summed E-state index contributed by atoms with van der Waals surface area (Å²) in [5, 5.41) is 33.8. The first-order chi connectivity index (χ1) is 14.5. The van der Waals surface area contributed by atoms with Gasteiger partial charge in [0.15, 0.2) is 0 Å². The van der Waals surface area contributed by atoms with Crippen LogP contribution in [0.3, 0.4) is 0 Å². The van der Waals surface area contributed by atoms with Gasteiger partial charge in [0.05, 0.1) is 18.3 Å². The molecule has 2 fully saturated rings. The molecule has 3 rings (SSSR count). The molecule has 1 aromatic rings. The lowest BCUT2D eigenvalue weighted by Gasteiger charge is -2.23. The minimum absolute atomic E-state index is 0. The number of hydrogen-bond acceptors (Lipinski definition) is 4. The van der Waals surface area contributed by atoms with Crippen molar-refractivity contribution in [1.82, 2.24) is 0 Å². The molecular formula is C26H49F2NO4. The monoisotopic (exact) mass is 477 g/mol. The minimum Gasteiger partial charge on any atom is -0.412 e. The largest absolute Gasteiger partial charge is 0.412 e. The lowest BCUT2D eigenvalue weighted by Crippen LogP contribution is -2.13. The van der Waals surface area contributed by atoms with Crippen LogP contribution < -0.4 is 0 Å². The molecule has 0 unspecified atom stereocenters. The molecule has 1 aromatic carbocycles. The van der Waals surface area contributed by atoms with Gasteiger partial charge in [-0.2, -0.15) is 0 Å². The van der Waals surface area contributed by atoms with E-state index in [0.717, 1.165) is 18.9 Å². The van der Waals surface area contributed by atoms with Gasteiger partial charge in [-0.1, -0.05) is 40.5 Å². The average Bonchev–Trinajstić information content (AvgIpc) is 2.71. The van der Waals surface area contributed by atoms with E-state index in [1.807, 2.05) is 13.8 Å². The molecule has 2 aliphatic rings. The Morgan fingerprint density at radius 3 is 1.76 bits per heavy atom. The van der Waals surface area contributed by atoms with E-state index in [1.54, 1.807) is 20.8 Å². The van der Waals surface area contributed by atoms with Gasteiger partial charge >= 0.3 is 0 Å². The number of hydrogen-bond donors (Lipinski definition) is 4. The number of benzene rings is 1. The van der Waals surface area contributed by atoms with Crippen molar-refractivity contribution in [2.75, 3.05) is 0 Å². The van der Waals surface area contributed by atoms with Crippen molar-refractivity contribution in [3.8, 4) is 0 Å². The second kappa shape index (κ2) is 19.0. The summed E-state index contributed by atoms with van der Waals surface area (Å²) >= 11 is 0. The molecule has 6 N–H and O–H groups in total. The van der Waals surface area contributed by atoms with Crippen LogP contribution in [0, 0.1) is 17.0 Å². The fourth-order valence-electron chi connectivity index (χ4n) is 3.40. The zero-order valence-corrected chi connectivity index (χ0v) is 20.5. The standard InChI is InChI=1S/C13H15F2NO.C6H12O.C4H10O.C2H6.CH4.H2O/c14-12-6-11(13(15)5-9(12)7-17)8-1-3-10(16)4-2-8;7-6-4-2-1-3-5-6;1-4(2,3)5;1-2;;/h5-6,8,16-17H,1-4,7H2;6-7H,1-5H2;5H,1-3H3;1-2H3;1H4;1H2. The van der Waals surface area contributed by atoms with Crippen molar-refractivity contribution in [3.05, 3.63) is 34.9 Å². The molecule has 0 saturated heterocycles. The number of rotatable bonds is 2. The quantitative estimate of drug-likeness (QED) is 0.415. The van der Waals surface area contributed by atoms with E-state index in [2.05, 4.69) is 0 Å². The molecular weight excluding hydrogens is 428 g/mol. The van der Waals surface area contributed by atoms with Crippen LogP contribution in [0.25, 0.3) is 0 Å². The maximum absolute atomic E-state index is 13.8. The van der Waals surface area contributed by atoms with Crippen LogP contribution in [0.15, 0.2) is 12.1 Å². The Morgan fingerprint density at radius 1 is 0.939 bits per heavy atom. The Morgan fingerprint density at radius 2 is 1.39 bits per heavy atom. The summed E-state index contributed by atoms with van der Waals surface area (Å²) in [4.78, 5) is 0. The van der Waals surface area contributed by atoms with Crippen molar-refractivity contribution in [3.63, 3.8) is 0 Å². The maximum Gasteiger partial charge on any atom is 0.129 e. The zero-order chi connectivity index (χ0) is 24.0. The summed E-state index contributed by atoms with van der Waals surface area (Å²) in [7, 11) is 0. The SMILES string of the molecule is C.CC.CC(C)(C)O.N=C1CCC(c2cc(F)c(CO)cc2F)CC1.O.OC1CCCCC1. The number of aliphatic hydroxyl groups is 3. The summed E-state index contributed by atoms with van der Waals surface area (Å²) < 4.78 is 27.3. The predicted octanol–water partition coefficient (Wildman–Crippen LogP) is 6.06.